The van der Waals surface area contributed by atoms with E-state index in [0.717, 1.165) is 6.04 Å². The first-order chi connectivity index (χ1) is 15.2. The average molecular weight is 506 g/mol. The molecule has 3 aromatic rings. The summed E-state index contributed by atoms with van der Waals surface area (Å²) in [6.07, 6.45) is 11.4. The van der Waals surface area contributed by atoms with Gasteiger partial charge in [0.1, 0.15) is 0 Å². The Kier molecular flexibility index (Phi) is 5.56. The number of allylic oxidation sites excluding steroid dienone is 5. The van der Waals surface area contributed by atoms with E-state index in [-0.39, 0.29) is 26.2 Å². The summed E-state index contributed by atoms with van der Waals surface area (Å²) < 4.78 is 0. The van der Waals surface area contributed by atoms with Gasteiger partial charge in [-0.3, -0.25) is 0 Å². The minimum atomic E-state index is -2.05. The summed E-state index contributed by atoms with van der Waals surface area (Å²) in [6, 6.07) is 28.3. The van der Waals surface area contributed by atoms with Crippen LogP contribution in [0.25, 0.3) is 21.9 Å². The first-order valence-corrected chi connectivity index (χ1v) is 14.0. The molecule has 6 rings (SSSR count). The van der Waals surface area contributed by atoms with E-state index < -0.39 is 8.07 Å². The maximum absolute atomic E-state index is 4.24. The summed E-state index contributed by atoms with van der Waals surface area (Å²) in [5.74, 6) is 0.388. The van der Waals surface area contributed by atoms with E-state index in [0.29, 0.717) is 11.5 Å². The van der Waals surface area contributed by atoms with Gasteiger partial charge in [-0.05, 0) is 44.3 Å². The smallest absolute Gasteiger partial charge is 0.0963 e. The Morgan fingerprint density at radius 1 is 0.812 bits per heavy atom. The molecule has 3 aliphatic carbocycles. The molecule has 0 fully saturated rings. The third kappa shape index (κ3) is 2.96. The number of rotatable bonds is 4. The van der Waals surface area contributed by atoms with Crippen LogP contribution in [0.4, 0.5) is 0 Å². The van der Waals surface area contributed by atoms with Crippen LogP contribution in [0.15, 0.2) is 110 Å². The Morgan fingerprint density at radius 2 is 1.41 bits per heavy atom. The SMILES string of the molecule is C=CC[Si](C)(C1=c2ccccc2=C2C=CC=CC21)C1c2ccccc2-c2ccccc21.[Zr]. The average Bonchev–Trinajstić information content (AvgIpc) is 3.33. The monoisotopic (exact) mass is 504 g/mol. The van der Waals surface area contributed by atoms with Crippen LogP contribution in [-0.2, 0) is 26.2 Å². The van der Waals surface area contributed by atoms with Crippen LogP contribution in [-0.4, -0.2) is 8.07 Å². The van der Waals surface area contributed by atoms with E-state index in [4.69, 9.17) is 0 Å². The van der Waals surface area contributed by atoms with E-state index >= 15 is 0 Å². The molecular formula is C30H26SiZr. The fourth-order valence-electron chi connectivity index (χ4n) is 6.38. The van der Waals surface area contributed by atoms with Gasteiger partial charge in [-0.1, -0.05) is 115 Å². The molecule has 0 amide bonds. The predicted octanol–water partition coefficient (Wildman–Crippen LogP) is 5.90. The van der Waals surface area contributed by atoms with Crippen LogP contribution in [0, 0.1) is 5.92 Å². The summed E-state index contributed by atoms with van der Waals surface area (Å²) in [7, 11) is -2.05. The molecular weight excluding hydrogens is 480 g/mol. The number of hydrogen-bond acceptors (Lipinski definition) is 0. The molecule has 0 saturated carbocycles. The van der Waals surface area contributed by atoms with Gasteiger partial charge in [0, 0.05) is 37.7 Å². The summed E-state index contributed by atoms with van der Waals surface area (Å²) in [4.78, 5) is 0. The van der Waals surface area contributed by atoms with Crippen LogP contribution in [0.3, 0.4) is 0 Å². The fraction of sp³-hybridized carbons (Fsp3) is 0.133. The van der Waals surface area contributed by atoms with Crippen molar-refractivity contribution in [1.29, 1.82) is 0 Å². The molecule has 0 radical (unpaired) electrons. The molecule has 2 unspecified atom stereocenters. The van der Waals surface area contributed by atoms with Crippen molar-refractivity contribution in [2.24, 2.45) is 5.92 Å². The van der Waals surface area contributed by atoms with Gasteiger partial charge in [-0.2, -0.15) is 0 Å². The Hall–Kier alpha value is -2.28. The minimum Gasteiger partial charge on any atom is -0.103 e. The van der Waals surface area contributed by atoms with Gasteiger partial charge < -0.3 is 0 Å². The summed E-state index contributed by atoms with van der Waals surface area (Å²) >= 11 is 0. The summed E-state index contributed by atoms with van der Waals surface area (Å²) in [5.41, 5.74) is 7.76. The van der Waals surface area contributed by atoms with Gasteiger partial charge in [0.2, 0.25) is 0 Å². The third-order valence-corrected chi connectivity index (χ3v) is 12.4. The van der Waals surface area contributed by atoms with E-state index in [1.165, 1.54) is 38.3 Å². The maximum Gasteiger partial charge on any atom is 0.0963 e. The molecule has 3 aliphatic rings. The van der Waals surface area contributed by atoms with Crippen LogP contribution in [0.2, 0.25) is 12.6 Å². The molecule has 0 nitrogen and oxygen atoms in total. The van der Waals surface area contributed by atoms with E-state index in [1.807, 2.05) is 0 Å². The van der Waals surface area contributed by atoms with Gasteiger partial charge in [0.15, 0.2) is 0 Å². The number of hydrogen-bond donors (Lipinski definition) is 0. The quantitative estimate of drug-likeness (QED) is 0.306. The Morgan fingerprint density at radius 3 is 2.06 bits per heavy atom. The molecule has 154 valence electrons. The predicted molar refractivity (Wildman–Crippen MR) is 135 cm³/mol. The van der Waals surface area contributed by atoms with Crippen molar-refractivity contribution >= 4 is 18.8 Å². The molecule has 0 bridgehead atoms. The normalized spacial score (nSPS) is 19.5. The summed E-state index contributed by atoms with van der Waals surface area (Å²) in [5, 5.41) is 4.57. The maximum atomic E-state index is 4.24. The van der Waals surface area contributed by atoms with Gasteiger partial charge in [-0.15, -0.1) is 6.58 Å². The van der Waals surface area contributed by atoms with E-state index in [2.05, 4.69) is 116 Å². The Bertz CT molecular complexity index is 1360. The zero-order valence-electron chi connectivity index (χ0n) is 18.4. The van der Waals surface area contributed by atoms with Gasteiger partial charge in [0.05, 0.1) is 8.07 Å². The standard InChI is InChI=1S/C30H26Si.Zr/c1-3-20-31(2,29-25-16-8-4-12-21(25)22-13-5-9-17-26(22)29)30-27-18-10-6-14-23(27)24-15-7-11-19-28(24)30;/h3-19,25,30H,1,20H2,2H3;. The van der Waals surface area contributed by atoms with Crippen molar-refractivity contribution in [1.82, 2.24) is 0 Å². The van der Waals surface area contributed by atoms with Crippen LogP contribution in [0.5, 0.6) is 0 Å². The third-order valence-electron chi connectivity index (χ3n) is 7.52. The second kappa shape index (κ2) is 8.25. The number of benzene rings is 3. The Labute approximate surface area is 210 Å². The zero-order valence-corrected chi connectivity index (χ0v) is 21.8. The van der Waals surface area contributed by atoms with Crippen molar-refractivity contribution in [2.75, 3.05) is 0 Å². The molecule has 0 spiro atoms. The molecule has 0 aromatic heterocycles. The molecule has 0 aliphatic heterocycles. The molecule has 0 N–H and O–H groups in total. The van der Waals surface area contributed by atoms with E-state index in [1.54, 1.807) is 5.20 Å². The van der Waals surface area contributed by atoms with Crippen molar-refractivity contribution in [3.05, 3.63) is 131 Å². The van der Waals surface area contributed by atoms with Crippen molar-refractivity contribution in [2.45, 2.75) is 18.1 Å². The first kappa shape index (κ1) is 21.6. The Balaban J connectivity index is 0.00000216. The van der Waals surface area contributed by atoms with Crippen molar-refractivity contribution in [3.8, 4) is 11.1 Å². The minimum absolute atomic E-state index is 0. The molecule has 32 heavy (non-hydrogen) atoms. The molecule has 0 heterocycles. The largest absolute Gasteiger partial charge is 0.103 e. The van der Waals surface area contributed by atoms with Crippen LogP contribution in [0.1, 0.15) is 16.7 Å². The van der Waals surface area contributed by atoms with Crippen molar-refractivity contribution < 1.29 is 26.2 Å². The van der Waals surface area contributed by atoms with Crippen LogP contribution >= 0.6 is 0 Å². The van der Waals surface area contributed by atoms with Crippen molar-refractivity contribution in [3.63, 3.8) is 0 Å². The van der Waals surface area contributed by atoms with Crippen LogP contribution < -0.4 is 10.4 Å². The summed E-state index contributed by atoms with van der Waals surface area (Å²) in [6.45, 7) is 6.85. The second-order valence-corrected chi connectivity index (χ2v) is 13.5. The van der Waals surface area contributed by atoms with E-state index in [9.17, 15) is 0 Å². The molecule has 2 heteroatoms. The fourth-order valence-corrected chi connectivity index (χ4v) is 11.4. The number of fused-ring (bicyclic) bond motifs is 5. The topological polar surface area (TPSA) is 0 Å². The van der Waals surface area contributed by atoms with Gasteiger partial charge >= 0.3 is 0 Å². The van der Waals surface area contributed by atoms with Gasteiger partial charge in [-0.25, -0.2) is 0 Å². The second-order valence-electron chi connectivity index (χ2n) is 9.15. The first-order valence-electron chi connectivity index (χ1n) is 11.2. The molecule has 2 atom stereocenters. The zero-order chi connectivity index (χ0) is 21.0. The molecule has 3 aromatic carbocycles. The molecule has 0 saturated heterocycles. The van der Waals surface area contributed by atoms with Gasteiger partial charge in [0.25, 0.3) is 0 Å².